The standard InChI is InChI=1S/C30H36ClN3O5S/c1-19(15-23-5-9-26(31)10-6-23)18-38-27-11-12-28-20(2)25(8-7-24(28)16-27)17-32-14-13-29(35)34-40(36,37)30-21(3)33-39-22(30)4/h5-6,9-12,16,19,32H,7-8,13-15,17-18H2,1-4H3,(H,34,35)/t19-/m0/s1. The lowest BCUT2D eigenvalue weighted by atomic mass is 9.86. The number of ether oxygens (including phenoxy) is 1. The number of aryl methyl sites for hydroxylation is 3. The van der Waals surface area contributed by atoms with Crippen LogP contribution in [0.1, 0.15) is 54.8 Å². The highest BCUT2D eigenvalue weighted by molar-refractivity contribution is 7.90. The third-order valence-electron chi connectivity index (χ3n) is 7.09. The van der Waals surface area contributed by atoms with Crippen LogP contribution in [0.3, 0.4) is 0 Å². The Labute approximate surface area is 241 Å². The van der Waals surface area contributed by atoms with E-state index in [4.69, 9.17) is 20.9 Å². The van der Waals surface area contributed by atoms with Gasteiger partial charge < -0.3 is 14.6 Å². The summed E-state index contributed by atoms with van der Waals surface area (Å²) in [5.74, 6) is 0.823. The molecule has 8 nitrogen and oxygen atoms in total. The number of carbonyl (C=O) groups excluding carboxylic acids is 1. The smallest absolute Gasteiger partial charge is 0.269 e. The van der Waals surface area contributed by atoms with Crippen LogP contribution in [0.15, 0.2) is 57.5 Å². The summed E-state index contributed by atoms with van der Waals surface area (Å²) in [6.07, 6.45) is 2.79. The SMILES string of the molecule is CC1=C(CNCCC(=O)NS(=O)(=O)c2c(C)noc2C)CCc2cc(OC[C@@H](C)Cc3ccc(Cl)cc3)ccc21. The number of nitrogens with zero attached hydrogens (tertiary/aromatic N) is 1. The van der Waals surface area contributed by atoms with Gasteiger partial charge >= 0.3 is 0 Å². The van der Waals surface area contributed by atoms with Crippen molar-refractivity contribution in [2.45, 2.75) is 58.3 Å². The molecule has 0 fully saturated rings. The van der Waals surface area contributed by atoms with Crippen molar-refractivity contribution in [1.82, 2.24) is 15.2 Å². The molecule has 2 N–H and O–H groups in total. The van der Waals surface area contributed by atoms with Gasteiger partial charge in [0.2, 0.25) is 5.91 Å². The minimum Gasteiger partial charge on any atom is -0.493 e. The van der Waals surface area contributed by atoms with Gasteiger partial charge in [-0.3, -0.25) is 4.79 Å². The maximum Gasteiger partial charge on any atom is 0.269 e. The molecule has 3 aromatic rings. The van der Waals surface area contributed by atoms with Crippen molar-refractivity contribution >= 4 is 33.1 Å². The molecule has 0 radical (unpaired) electrons. The van der Waals surface area contributed by atoms with E-state index in [1.165, 1.54) is 41.7 Å². The zero-order chi connectivity index (χ0) is 28.9. The Morgan fingerprint density at radius 2 is 1.88 bits per heavy atom. The van der Waals surface area contributed by atoms with Gasteiger partial charge in [-0.2, -0.15) is 0 Å². The van der Waals surface area contributed by atoms with E-state index in [1.807, 2.05) is 18.2 Å². The Morgan fingerprint density at radius 1 is 1.12 bits per heavy atom. The van der Waals surface area contributed by atoms with Crippen molar-refractivity contribution in [2.75, 3.05) is 19.7 Å². The van der Waals surface area contributed by atoms with Gasteiger partial charge in [0.15, 0.2) is 10.7 Å². The van der Waals surface area contributed by atoms with Crippen molar-refractivity contribution in [2.24, 2.45) is 5.92 Å². The van der Waals surface area contributed by atoms with E-state index in [-0.39, 0.29) is 22.8 Å². The lowest BCUT2D eigenvalue weighted by molar-refractivity contribution is -0.119. The number of fused-ring (bicyclic) bond motifs is 1. The van der Waals surface area contributed by atoms with Crippen LogP contribution < -0.4 is 14.8 Å². The summed E-state index contributed by atoms with van der Waals surface area (Å²) in [5.41, 5.74) is 6.46. The van der Waals surface area contributed by atoms with E-state index >= 15 is 0 Å². The molecule has 0 saturated carbocycles. The average Bonchev–Trinajstić information content (AvgIpc) is 3.26. The van der Waals surface area contributed by atoms with Gasteiger partial charge in [0.1, 0.15) is 11.4 Å². The molecule has 214 valence electrons. The summed E-state index contributed by atoms with van der Waals surface area (Å²) in [6, 6.07) is 14.2. The predicted molar refractivity (Wildman–Crippen MR) is 156 cm³/mol. The average molecular weight is 586 g/mol. The summed E-state index contributed by atoms with van der Waals surface area (Å²) in [6.45, 7) is 8.95. The van der Waals surface area contributed by atoms with Gasteiger partial charge in [0, 0.05) is 24.5 Å². The van der Waals surface area contributed by atoms with Crippen LogP contribution >= 0.6 is 11.6 Å². The Kier molecular flexibility index (Phi) is 9.71. The van der Waals surface area contributed by atoms with Crippen molar-refractivity contribution < 1.29 is 22.5 Å². The highest BCUT2D eigenvalue weighted by Gasteiger charge is 2.26. The fraction of sp³-hybridized carbons (Fsp3) is 0.400. The molecular weight excluding hydrogens is 550 g/mol. The van der Waals surface area contributed by atoms with Crippen LogP contribution in [0.5, 0.6) is 5.75 Å². The Balaban J connectivity index is 1.25. The van der Waals surface area contributed by atoms with E-state index in [9.17, 15) is 13.2 Å². The second-order valence-corrected chi connectivity index (χ2v) is 12.5. The first-order valence-electron chi connectivity index (χ1n) is 13.4. The fourth-order valence-corrected chi connectivity index (χ4v) is 6.46. The molecule has 2 aromatic carbocycles. The van der Waals surface area contributed by atoms with Crippen molar-refractivity contribution in [3.05, 3.63) is 81.2 Å². The van der Waals surface area contributed by atoms with Gasteiger partial charge in [-0.15, -0.1) is 0 Å². The molecule has 0 unspecified atom stereocenters. The first-order chi connectivity index (χ1) is 19.0. The molecule has 4 rings (SSSR count). The monoisotopic (exact) mass is 585 g/mol. The van der Waals surface area contributed by atoms with Gasteiger partial charge in [-0.05, 0) is 92.5 Å². The maximum absolute atomic E-state index is 12.5. The first kappa shape index (κ1) is 29.8. The maximum atomic E-state index is 12.5. The van der Waals surface area contributed by atoms with Crippen LogP contribution in [0.4, 0.5) is 0 Å². The summed E-state index contributed by atoms with van der Waals surface area (Å²) in [4.78, 5) is 12.2. The molecule has 1 aromatic heterocycles. The molecule has 40 heavy (non-hydrogen) atoms. The number of aromatic nitrogens is 1. The van der Waals surface area contributed by atoms with Crippen LogP contribution in [0.25, 0.3) is 5.57 Å². The third-order valence-corrected chi connectivity index (χ3v) is 8.96. The Hall–Kier alpha value is -3.14. The minimum absolute atomic E-state index is 0.0304. The van der Waals surface area contributed by atoms with E-state index < -0.39 is 15.9 Å². The molecule has 1 atom stereocenters. The van der Waals surface area contributed by atoms with Crippen LogP contribution in [-0.2, 0) is 27.7 Å². The molecular formula is C30H36ClN3O5S. The van der Waals surface area contributed by atoms with Gasteiger partial charge in [-0.1, -0.05) is 47.5 Å². The third kappa shape index (κ3) is 7.53. The summed E-state index contributed by atoms with van der Waals surface area (Å²) < 4.78 is 38.1. The fourth-order valence-electron chi connectivity index (χ4n) is 4.99. The second-order valence-electron chi connectivity index (χ2n) is 10.4. The molecule has 1 amide bonds. The second kappa shape index (κ2) is 13.0. The number of halogens is 1. The Morgan fingerprint density at radius 3 is 2.58 bits per heavy atom. The van der Waals surface area contributed by atoms with Crippen LogP contribution in [0, 0.1) is 19.8 Å². The predicted octanol–water partition coefficient (Wildman–Crippen LogP) is 5.41. The van der Waals surface area contributed by atoms with E-state index in [0.29, 0.717) is 25.6 Å². The van der Waals surface area contributed by atoms with Crippen molar-refractivity contribution in [3.63, 3.8) is 0 Å². The zero-order valence-corrected chi connectivity index (χ0v) is 24.9. The van der Waals surface area contributed by atoms with E-state index in [1.54, 1.807) is 0 Å². The molecule has 0 spiro atoms. The number of hydrogen-bond acceptors (Lipinski definition) is 7. The van der Waals surface area contributed by atoms with Crippen molar-refractivity contribution in [1.29, 1.82) is 0 Å². The van der Waals surface area contributed by atoms with Gasteiger partial charge in [-0.25, -0.2) is 13.1 Å². The highest BCUT2D eigenvalue weighted by atomic mass is 35.5. The quantitative estimate of drug-likeness (QED) is 0.274. The van der Waals surface area contributed by atoms with Gasteiger partial charge in [0.05, 0.1) is 6.61 Å². The number of benzene rings is 2. The van der Waals surface area contributed by atoms with Crippen molar-refractivity contribution in [3.8, 4) is 5.75 Å². The molecule has 1 aliphatic carbocycles. The number of sulfonamides is 1. The summed E-state index contributed by atoms with van der Waals surface area (Å²) in [5, 5.41) is 7.67. The highest BCUT2D eigenvalue weighted by Crippen LogP contribution is 2.33. The normalized spacial score (nSPS) is 14.1. The topological polar surface area (TPSA) is 111 Å². The lowest BCUT2D eigenvalue weighted by Crippen LogP contribution is -2.33. The van der Waals surface area contributed by atoms with Gasteiger partial charge in [0.25, 0.3) is 10.0 Å². The largest absolute Gasteiger partial charge is 0.493 e. The first-order valence-corrected chi connectivity index (χ1v) is 15.3. The number of rotatable bonds is 12. The minimum atomic E-state index is -4.01. The number of nitrogens with one attached hydrogen (secondary N) is 2. The van der Waals surface area contributed by atoms with Crippen LogP contribution in [-0.4, -0.2) is 39.2 Å². The number of hydrogen-bond donors (Lipinski definition) is 2. The van der Waals surface area contributed by atoms with Crippen LogP contribution in [0.2, 0.25) is 5.02 Å². The van der Waals surface area contributed by atoms with E-state index in [2.05, 4.69) is 53.3 Å². The summed E-state index contributed by atoms with van der Waals surface area (Å²) >= 11 is 5.98. The lowest BCUT2D eigenvalue weighted by Gasteiger charge is -2.23. The molecule has 0 saturated heterocycles. The van der Waals surface area contributed by atoms with E-state index in [0.717, 1.165) is 30.0 Å². The number of amides is 1. The molecule has 10 heteroatoms. The summed E-state index contributed by atoms with van der Waals surface area (Å²) in [7, 11) is -4.01. The Bertz CT molecular complexity index is 1480. The number of carbonyl (C=O) groups is 1. The molecule has 1 heterocycles. The molecule has 0 aliphatic heterocycles. The molecule has 0 bridgehead atoms. The zero-order valence-electron chi connectivity index (χ0n) is 23.3. The number of allylic oxidation sites excluding steroid dienone is 1. The molecule has 1 aliphatic rings.